The smallest absolute Gasteiger partial charge is 0.151 e. The van der Waals surface area contributed by atoms with Crippen molar-refractivity contribution in [3.8, 4) is 0 Å². The number of aliphatic hydroxyl groups excluding tert-OH is 1. The lowest BCUT2D eigenvalue weighted by atomic mass is 10.3. The Morgan fingerprint density at radius 1 is 1.69 bits per heavy atom. The van der Waals surface area contributed by atoms with Gasteiger partial charge in [0.25, 0.3) is 0 Å². The first-order chi connectivity index (χ1) is 6.22. The molecule has 4 heteroatoms. The molecule has 0 aliphatic carbocycles. The Balaban J connectivity index is 2.54. The Kier molecular flexibility index (Phi) is 3.40. The Morgan fingerprint density at radius 2 is 2.46 bits per heavy atom. The van der Waals surface area contributed by atoms with Crippen molar-refractivity contribution in [1.82, 2.24) is 4.98 Å². The van der Waals surface area contributed by atoms with Crippen molar-refractivity contribution in [3.05, 3.63) is 23.9 Å². The molecule has 1 rings (SSSR count). The second-order valence-electron chi connectivity index (χ2n) is 2.82. The summed E-state index contributed by atoms with van der Waals surface area (Å²) in [6.45, 7) is 2.14. The molecule has 0 radical (unpaired) electrons. The van der Waals surface area contributed by atoms with E-state index >= 15 is 0 Å². The molecule has 13 heavy (non-hydrogen) atoms. The van der Waals surface area contributed by atoms with Crippen LogP contribution in [0.3, 0.4) is 0 Å². The summed E-state index contributed by atoms with van der Waals surface area (Å²) in [5.74, 6) is 0.659. The molecule has 4 nitrogen and oxygen atoms in total. The van der Waals surface area contributed by atoms with Gasteiger partial charge in [0.2, 0.25) is 0 Å². The van der Waals surface area contributed by atoms with E-state index in [0.717, 1.165) is 6.29 Å². The number of nitrogens with zero attached hydrogens (tertiary/aromatic N) is 1. The number of pyridine rings is 1. The Hall–Kier alpha value is -1.42. The third-order valence-corrected chi connectivity index (χ3v) is 1.50. The highest BCUT2D eigenvalue weighted by Gasteiger charge is 1.96. The Bertz CT molecular complexity index is 269. The fourth-order valence-corrected chi connectivity index (χ4v) is 0.832. The topological polar surface area (TPSA) is 62.2 Å². The molecule has 1 unspecified atom stereocenters. The van der Waals surface area contributed by atoms with Crippen LogP contribution in [0.15, 0.2) is 18.3 Å². The number of hydrogen-bond acceptors (Lipinski definition) is 4. The van der Waals surface area contributed by atoms with Crippen molar-refractivity contribution in [2.24, 2.45) is 0 Å². The molecular formula is C9H12N2O2. The van der Waals surface area contributed by atoms with Crippen LogP contribution in [0.25, 0.3) is 0 Å². The van der Waals surface area contributed by atoms with E-state index in [1.807, 2.05) is 0 Å². The van der Waals surface area contributed by atoms with Gasteiger partial charge in [0.15, 0.2) is 6.29 Å². The van der Waals surface area contributed by atoms with Crippen molar-refractivity contribution in [3.63, 3.8) is 0 Å². The molecule has 1 aromatic rings. The van der Waals surface area contributed by atoms with E-state index in [1.54, 1.807) is 19.1 Å². The van der Waals surface area contributed by atoms with E-state index in [-0.39, 0.29) is 0 Å². The number of carbonyl (C=O) groups excluding carboxylic acids is 1. The number of anilines is 1. The zero-order chi connectivity index (χ0) is 9.68. The number of hydrogen-bond donors (Lipinski definition) is 2. The molecular weight excluding hydrogens is 168 g/mol. The van der Waals surface area contributed by atoms with Crippen molar-refractivity contribution in [1.29, 1.82) is 0 Å². The maximum Gasteiger partial charge on any atom is 0.151 e. The van der Waals surface area contributed by atoms with E-state index in [0.29, 0.717) is 17.9 Å². The number of rotatable bonds is 4. The van der Waals surface area contributed by atoms with Crippen LogP contribution in [0.1, 0.15) is 17.3 Å². The minimum Gasteiger partial charge on any atom is -0.392 e. The third kappa shape index (κ3) is 3.21. The molecule has 0 aromatic carbocycles. The van der Waals surface area contributed by atoms with Gasteiger partial charge in [0.1, 0.15) is 5.82 Å². The minimum atomic E-state index is -0.410. The lowest BCUT2D eigenvalue weighted by Crippen LogP contribution is -2.15. The number of carbonyl (C=O) groups is 1. The van der Waals surface area contributed by atoms with E-state index < -0.39 is 6.10 Å². The number of aldehydes is 1. The number of nitrogens with one attached hydrogen (secondary N) is 1. The molecule has 0 aliphatic heterocycles. The average Bonchev–Trinajstić information content (AvgIpc) is 2.15. The molecule has 0 spiro atoms. The molecule has 1 aromatic heterocycles. The second kappa shape index (κ2) is 4.57. The van der Waals surface area contributed by atoms with E-state index in [4.69, 9.17) is 5.11 Å². The molecule has 70 valence electrons. The van der Waals surface area contributed by atoms with Gasteiger partial charge in [-0.15, -0.1) is 0 Å². The zero-order valence-corrected chi connectivity index (χ0v) is 7.40. The summed E-state index contributed by atoms with van der Waals surface area (Å²) in [4.78, 5) is 14.3. The van der Waals surface area contributed by atoms with Gasteiger partial charge < -0.3 is 10.4 Å². The third-order valence-electron chi connectivity index (χ3n) is 1.50. The van der Waals surface area contributed by atoms with Gasteiger partial charge >= 0.3 is 0 Å². The van der Waals surface area contributed by atoms with Gasteiger partial charge in [-0.05, 0) is 19.1 Å². The summed E-state index contributed by atoms with van der Waals surface area (Å²) in [5.41, 5.74) is 0.544. The van der Waals surface area contributed by atoms with Crippen LogP contribution < -0.4 is 5.32 Å². The summed E-state index contributed by atoms with van der Waals surface area (Å²) in [6, 6.07) is 3.37. The molecule has 0 bridgehead atoms. The van der Waals surface area contributed by atoms with Gasteiger partial charge in [-0.2, -0.15) is 0 Å². The Morgan fingerprint density at radius 3 is 2.92 bits per heavy atom. The fourth-order valence-electron chi connectivity index (χ4n) is 0.832. The largest absolute Gasteiger partial charge is 0.392 e. The minimum absolute atomic E-state index is 0.410. The highest BCUT2D eigenvalue weighted by Crippen LogP contribution is 2.02. The average molecular weight is 180 g/mol. The maximum atomic E-state index is 10.3. The normalized spacial score (nSPS) is 12.2. The van der Waals surface area contributed by atoms with E-state index in [1.165, 1.54) is 6.20 Å². The molecule has 2 N–H and O–H groups in total. The molecule has 0 saturated carbocycles. The lowest BCUT2D eigenvalue weighted by Gasteiger charge is -2.06. The van der Waals surface area contributed by atoms with Crippen molar-refractivity contribution >= 4 is 12.1 Å². The highest BCUT2D eigenvalue weighted by atomic mass is 16.3. The SMILES string of the molecule is CC(O)CNc1ccc(C=O)cn1. The number of aliphatic hydroxyl groups is 1. The molecule has 1 heterocycles. The zero-order valence-electron chi connectivity index (χ0n) is 7.40. The van der Waals surface area contributed by atoms with Crippen LogP contribution in [0.4, 0.5) is 5.82 Å². The van der Waals surface area contributed by atoms with Gasteiger partial charge in [0.05, 0.1) is 6.10 Å². The first-order valence-electron chi connectivity index (χ1n) is 4.05. The summed E-state index contributed by atoms with van der Waals surface area (Å²) < 4.78 is 0. The van der Waals surface area contributed by atoms with Crippen LogP contribution in [-0.4, -0.2) is 29.0 Å². The Labute approximate surface area is 76.6 Å². The van der Waals surface area contributed by atoms with Gasteiger partial charge in [-0.1, -0.05) is 0 Å². The van der Waals surface area contributed by atoms with Crippen molar-refractivity contribution in [2.75, 3.05) is 11.9 Å². The van der Waals surface area contributed by atoms with Gasteiger partial charge in [-0.25, -0.2) is 4.98 Å². The highest BCUT2D eigenvalue weighted by molar-refractivity contribution is 5.74. The van der Waals surface area contributed by atoms with Crippen LogP contribution in [0.5, 0.6) is 0 Å². The van der Waals surface area contributed by atoms with Gasteiger partial charge in [0, 0.05) is 18.3 Å². The molecule has 0 amide bonds. The van der Waals surface area contributed by atoms with Crippen LogP contribution in [0, 0.1) is 0 Å². The number of aromatic nitrogens is 1. The second-order valence-corrected chi connectivity index (χ2v) is 2.82. The van der Waals surface area contributed by atoms with Crippen molar-refractivity contribution < 1.29 is 9.90 Å². The van der Waals surface area contributed by atoms with E-state index in [9.17, 15) is 4.79 Å². The molecule has 1 atom stereocenters. The molecule has 0 saturated heterocycles. The predicted octanol–water partition coefficient (Wildman–Crippen LogP) is 0.687. The molecule has 0 aliphatic rings. The van der Waals surface area contributed by atoms with Crippen LogP contribution in [0.2, 0.25) is 0 Å². The summed E-state index contributed by atoms with van der Waals surface area (Å²) in [5, 5.41) is 11.9. The van der Waals surface area contributed by atoms with Crippen molar-refractivity contribution in [2.45, 2.75) is 13.0 Å². The lowest BCUT2D eigenvalue weighted by molar-refractivity contribution is 0.112. The first kappa shape index (κ1) is 9.67. The van der Waals surface area contributed by atoms with E-state index in [2.05, 4.69) is 10.3 Å². The van der Waals surface area contributed by atoms with Gasteiger partial charge in [-0.3, -0.25) is 4.79 Å². The first-order valence-corrected chi connectivity index (χ1v) is 4.05. The van der Waals surface area contributed by atoms with Crippen LogP contribution >= 0.6 is 0 Å². The quantitative estimate of drug-likeness (QED) is 0.669. The summed E-state index contributed by atoms with van der Waals surface area (Å²) >= 11 is 0. The predicted molar refractivity (Wildman–Crippen MR) is 49.8 cm³/mol. The summed E-state index contributed by atoms with van der Waals surface area (Å²) in [6.07, 6.45) is 1.82. The van der Waals surface area contributed by atoms with Crippen LogP contribution in [-0.2, 0) is 0 Å². The monoisotopic (exact) mass is 180 g/mol. The molecule has 0 fully saturated rings. The fraction of sp³-hybridized carbons (Fsp3) is 0.333. The summed E-state index contributed by atoms with van der Waals surface area (Å²) in [7, 11) is 0. The maximum absolute atomic E-state index is 10.3. The standard InChI is InChI=1S/C9H12N2O2/c1-7(13)4-10-9-3-2-8(6-12)5-11-9/h2-3,5-7,13H,4H2,1H3,(H,10,11).